The Bertz CT molecular complexity index is 537. The Balaban J connectivity index is 1.72. The molecular formula is C15H19N5. The number of nitrogens with zero attached hydrogens (tertiary/aromatic N) is 3. The summed E-state index contributed by atoms with van der Waals surface area (Å²) < 4.78 is 0. The van der Waals surface area contributed by atoms with E-state index >= 15 is 0 Å². The maximum Gasteiger partial charge on any atom is 0.0767 e. The van der Waals surface area contributed by atoms with Gasteiger partial charge >= 0.3 is 0 Å². The van der Waals surface area contributed by atoms with Crippen molar-refractivity contribution in [3.05, 3.63) is 48.5 Å². The standard InChI is InChI=1S/C15H19N5/c1-2-5-18-13(3-1)11-19-14-12-17-6-4-15(14)20-9-7-16-8-10-20/h1-6,12,16,19H,7-11H2. The van der Waals surface area contributed by atoms with Crippen molar-refractivity contribution in [3.8, 4) is 0 Å². The SMILES string of the molecule is c1ccc(CNc2cnccc2N2CCNCC2)nc1. The number of aromatic nitrogens is 2. The fraction of sp³-hybridized carbons (Fsp3) is 0.333. The third-order valence-corrected chi connectivity index (χ3v) is 3.44. The topological polar surface area (TPSA) is 53.1 Å². The molecule has 1 aliphatic heterocycles. The van der Waals surface area contributed by atoms with Crippen molar-refractivity contribution in [2.75, 3.05) is 36.4 Å². The van der Waals surface area contributed by atoms with E-state index in [0.717, 1.165) is 37.6 Å². The van der Waals surface area contributed by atoms with E-state index in [9.17, 15) is 0 Å². The van der Waals surface area contributed by atoms with Crippen LogP contribution < -0.4 is 15.5 Å². The fourth-order valence-corrected chi connectivity index (χ4v) is 2.39. The molecule has 2 aromatic heterocycles. The number of hydrogen-bond acceptors (Lipinski definition) is 5. The van der Waals surface area contributed by atoms with E-state index in [0.29, 0.717) is 6.54 Å². The number of anilines is 2. The normalized spacial score (nSPS) is 15.1. The van der Waals surface area contributed by atoms with E-state index in [-0.39, 0.29) is 0 Å². The zero-order chi connectivity index (χ0) is 13.6. The van der Waals surface area contributed by atoms with Crippen molar-refractivity contribution in [2.45, 2.75) is 6.54 Å². The van der Waals surface area contributed by atoms with Crippen molar-refractivity contribution >= 4 is 11.4 Å². The monoisotopic (exact) mass is 269 g/mol. The van der Waals surface area contributed by atoms with E-state index in [1.54, 1.807) is 0 Å². The highest BCUT2D eigenvalue weighted by molar-refractivity contribution is 5.68. The molecule has 5 nitrogen and oxygen atoms in total. The highest BCUT2D eigenvalue weighted by atomic mass is 15.2. The van der Waals surface area contributed by atoms with Gasteiger partial charge in [0.2, 0.25) is 0 Å². The Morgan fingerprint density at radius 2 is 2.05 bits per heavy atom. The zero-order valence-electron chi connectivity index (χ0n) is 11.4. The Hall–Kier alpha value is -2.14. The largest absolute Gasteiger partial charge is 0.376 e. The van der Waals surface area contributed by atoms with E-state index < -0.39 is 0 Å². The quantitative estimate of drug-likeness (QED) is 0.881. The summed E-state index contributed by atoms with van der Waals surface area (Å²) in [4.78, 5) is 10.9. The molecule has 0 amide bonds. The van der Waals surface area contributed by atoms with Crippen molar-refractivity contribution in [2.24, 2.45) is 0 Å². The lowest BCUT2D eigenvalue weighted by atomic mass is 10.2. The van der Waals surface area contributed by atoms with E-state index in [4.69, 9.17) is 0 Å². The van der Waals surface area contributed by atoms with Gasteiger partial charge in [-0.3, -0.25) is 9.97 Å². The average molecular weight is 269 g/mol. The van der Waals surface area contributed by atoms with Gasteiger partial charge in [0.25, 0.3) is 0 Å². The average Bonchev–Trinajstić information content (AvgIpc) is 2.55. The second-order valence-corrected chi connectivity index (χ2v) is 4.80. The second kappa shape index (κ2) is 6.34. The summed E-state index contributed by atoms with van der Waals surface area (Å²) in [7, 11) is 0. The van der Waals surface area contributed by atoms with Crippen LogP contribution in [-0.2, 0) is 6.54 Å². The van der Waals surface area contributed by atoms with Crippen molar-refractivity contribution in [1.82, 2.24) is 15.3 Å². The third-order valence-electron chi connectivity index (χ3n) is 3.44. The van der Waals surface area contributed by atoms with Gasteiger partial charge in [0.15, 0.2) is 0 Å². The van der Waals surface area contributed by atoms with Crippen LogP contribution in [0, 0.1) is 0 Å². The molecule has 1 aliphatic rings. The molecular weight excluding hydrogens is 250 g/mol. The van der Waals surface area contributed by atoms with Crippen molar-refractivity contribution in [3.63, 3.8) is 0 Å². The first-order valence-corrected chi connectivity index (χ1v) is 6.97. The fourth-order valence-electron chi connectivity index (χ4n) is 2.39. The molecule has 2 aromatic rings. The molecule has 0 radical (unpaired) electrons. The molecule has 20 heavy (non-hydrogen) atoms. The maximum absolute atomic E-state index is 4.33. The summed E-state index contributed by atoms with van der Waals surface area (Å²) in [5.41, 5.74) is 3.32. The maximum atomic E-state index is 4.33. The molecule has 0 bridgehead atoms. The van der Waals surface area contributed by atoms with Crippen LogP contribution in [0.25, 0.3) is 0 Å². The van der Waals surface area contributed by atoms with E-state index in [1.807, 2.05) is 36.8 Å². The third kappa shape index (κ3) is 3.05. The van der Waals surface area contributed by atoms with Crippen LogP contribution in [0.2, 0.25) is 0 Å². The summed E-state index contributed by atoms with van der Waals surface area (Å²) >= 11 is 0. The molecule has 0 saturated carbocycles. The van der Waals surface area contributed by atoms with Gasteiger partial charge in [-0.05, 0) is 18.2 Å². The molecule has 3 rings (SSSR count). The minimum absolute atomic E-state index is 0.714. The van der Waals surface area contributed by atoms with Crippen LogP contribution in [0.15, 0.2) is 42.9 Å². The molecule has 0 unspecified atom stereocenters. The van der Waals surface area contributed by atoms with Gasteiger partial charge in [0, 0.05) is 38.6 Å². The zero-order valence-corrected chi connectivity index (χ0v) is 11.4. The molecule has 5 heteroatoms. The number of pyridine rings is 2. The van der Waals surface area contributed by atoms with E-state index in [2.05, 4.69) is 31.6 Å². The van der Waals surface area contributed by atoms with Crippen LogP contribution in [0.3, 0.4) is 0 Å². The Kier molecular flexibility index (Phi) is 4.08. The highest BCUT2D eigenvalue weighted by Crippen LogP contribution is 2.25. The van der Waals surface area contributed by atoms with Gasteiger partial charge in [-0.1, -0.05) is 6.07 Å². The van der Waals surface area contributed by atoms with Crippen LogP contribution >= 0.6 is 0 Å². The molecule has 0 aromatic carbocycles. The minimum atomic E-state index is 0.714. The number of rotatable bonds is 4. The first kappa shape index (κ1) is 12.9. The predicted octanol–water partition coefficient (Wildman–Crippen LogP) is 1.50. The molecule has 0 atom stereocenters. The van der Waals surface area contributed by atoms with Crippen LogP contribution in [0.1, 0.15) is 5.69 Å². The van der Waals surface area contributed by atoms with Gasteiger partial charge in [0.1, 0.15) is 0 Å². The number of piperazine rings is 1. The molecule has 1 saturated heterocycles. The summed E-state index contributed by atoms with van der Waals surface area (Å²) in [6.45, 7) is 4.83. The van der Waals surface area contributed by atoms with Gasteiger partial charge in [-0.25, -0.2) is 0 Å². The van der Waals surface area contributed by atoms with Crippen molar-refractivity contribution in [1.29, 1.82) is 0 Å². The number of nitrogens with one attached hydrogen (secondary N) is 2. The summed E-state index contributed by atoms with van der Waals surface area (Å²) in [6.07, 6.45) is 5.56. The molecule has 1 fully saturated rings. The highest BCUT2D eigenvalue weighted by Gasteiger charge is 2.13. The van der Waals surface area contributed by atoms with Crippen LogP contribution in [0.4, 0.5) is 11.4 Å². The van der Waals surface area contributed by atoms with Gasteiger partial charge in [-0.2, -0.15) is 0 Å². The van der Waals surface area contributed by atoms with Gasteiger partial charge in [-0.15, -0.1) is 0 Å². The number of hydrogen-bond donors (Lipinski definition) is 2. The first-order valence-electron chi connectivity index (χ1n) is 6.97. The van der Waals surface area contributed by atoms with Crippen LogP contribution in [0.5, 0.6) is 0 Å². The molecule has 2 N–H and O–H groups in total. The van der Waals surface area contributed by atoms with Gasteiger partial charge in [0.05, 0.1) is 29.8 Å². The first-order chi connectivity index (χ1) is 9.93. The minimum Gasteiger partial charge on any atom is -0.376 e. The molecule has 0 spiro atoms. The molecule has 0 aliphatic carbocycles. The Morgan fingerprint density at radius 1 is 1.15 bits per heavy atom. The van der Waals surface area contributed by atoms with Crippen molar-refractivity contribution < 1.29 is 0 Å². The summed E-state index contributed by atoms with van der Waals surface area (Å²) in [5.74, 6) is 0. The van der Waals surface area contributed by atoms with Crippen LogP contribution in [-0.4, -0.2) is 36.1 Å². The Labute approximate surface area is 119 Å². The van der Waals surface area contributed by atoms with Gasteiger partial charge < -0.3 is 15.5 Å². The van der Waals surface area contributed by atoms with E-state index in [1.165, 1.54) is 5.69 Å². The Morgan fingerprint density at radius 3 is 2.85 bits per heavy atom. The lowest BCUT2D eigenvalue weighted by Crippen LogP contribution is -2.43. The summed E-state index contributed by atoms with van der Waals surface area (Å²) in [5, 5.41) is 6.81. The molecule has 3 heterocycles. The summed E-state index contributed by atoms with van der Waals surface area (Å²) in [6, 6.07) is 8.03. The molecule has 104 valence electrons. The lowest BCUT2D eigenvalue weighted by molar-refractivity contribution is 0.589. The lowest BCUT2D eigenvalue weighted by Gasteiger charge is -2.31. The smallest absolute Gasteiger partial charge is 0.0767 e. The predicted molar refractivity (Wildman–Crippen MR) is 80.9 cm³/mol. The second-order valence-electron chi connectivity index (χ2n) is 4.80.